The van der Waals surface area contributed by atoms with Crippen LogP contribution < -0.4 is 11.5 Å². The second-order valence-electron chi connectivity index (χ2n) is 4.26. The summed E-state index contributed by atoms with van der Waals surface area (Å²) in [6, 6.07) is 4.61. The van der Waals surface area contributed by atoms with Gasteiger partial charge in [0.2, 0.25) is 5.95 Å². The van der Waals surface area contributed by atoms with Gasteiger partial charge in [-0.1, -0.05) is 0 Å². The van der Waals surface area contributed by atoms with Gasteiger partial charge in [-0.15, -0.1) is 0 Å². The van der Waals surface area contributed by atoms with Crippen molar-refractivity contribution in [2.75, 3.05) is 5.73 Å². The van der Waals surface area contributed by atoms with Crippen LogP contribution in [0.2, 0.25) is 0 Å². The SMILES string of the molecule is NC(=O)c1cnn2cc(-c3ccc(F)nc3)cc2c1N. The highest BCUT2D eigenvalue weighted by molar-refractivity contribution is 6.01. The van der Waals surface area contributed by atoms with Crippen LogP contribution >= 0.6 is 0 Å². The molecule has 3 rings (SSSR count). The number of hydrogen-bond donors (Lipinski definition) is 2. The fraction of sp³-hybridized carbons (Fsp3) is 0. The van der Waals surface area contributed by atoms with Crippen LogP contribution in [0.4, 0.5) is 10.1 Å². The third-order valence-electron chi connectivity index (χ3n) is 3.00. The lowest BCUT2D eigenvalue weighted by Gasteiger charge is -2.02. The quantitative estimate of drug-likeness (QED) is 0.684. The summed E-state index contributed by atoms with van der Waals surface area (Å²) in [6.45, 7) is 0. The average Bonchev–Trinajstić information content (AvgIpc) is 2.84. The van der Waals surface area contributed by atoms with Gasteiger partial charge in [0.15, 0.2) is 0 Å². The number of carbonyl (C=O) groups is 1. The molecule has 6 nitrogen and oxygen atoms in total. The van der Waals surface area contributed by atoms with E-state index in [0.29, 0.717) is 5.52 Å². The summed E-state index contributed by atoms with van der Waals surface area (Å²) in [5, 5.41) is 4.07. The van der Waals surface area contributed by atoms with Gasteiger partial charge in [0.1, 0.15) is 0 Å². The number of carbonyl (C=O) groups excluding carboxylic acids is 1. The zero-order chi connectivity index (χ0) is 14.3. The van der Waals surface area contributed by atoms with Crippen molar-refractivity contribution in [3.8, 4) is 11.1 Å². The molecule has 0 saturated heterocycles. The summed E-state index contributed by atoms with van der Waals surface area (Å²) in [5.41, 5.74) is 13.6. The van der Waals surface area contributed by atoms with E-state index < -0.39 is 11.9 Å². The normalized spacial score (nSPS) is 10.8. The molecular formula is C13H10FN5O. The Morgan fingerprint density at radius 1 is 1.25 bits per heavy atom. The number of aromatic nitrogens is 3. The van der Waals surface area contributed by atoms with Gasteiger partial charge in [-0.3, -0.25) is 4.79 Å². The number of hydrogen-bond acceptors (Lipinski definition) is 4. The van der Waals surface area contributed by atoms with Crippen LogP contribution in [0.15, 0.2) is 36.8 Å². The minimum atomic E-state index is -0.635. The maximum atomic E-state index is 12.8. The van der Waals surface area contributed by atoms with E-state index in [1.54, 1.807) is 18.3 Å². The van der Waals surface area contributed by atoms with E-state index in [1.807, 2.05) is 0 Å². The lowest BCUT2D eigenvalue weighted by Crippen LogP contribution is -2.15. The lowest BCUT2D eigenvalue weighted by molar-refractivity contribution is 0.100. The monoisotopic (exact) mass is 271 g/mol. The Balaban J connectivity index is 2.18. The molecule has 0 fully saturated rings. The predicted molar refractivity (Wildman–Crippen MR) is 71.3 cm³/mol. The van der Waals surface area contributed by atoms with Crippen LogP contribution in [0.25, 0.3) is 16.6 Å². The largest absolute Gasteiger partial charge is 0.396 e. The predicted octanol–water partition coefficient (Wildman–Crippen LogP) is 1.22. The summed E-state index contributed by atoms with van der Waals surface area (Å²) < 4.78 is 14.3. The third kappa shape index (κ3) is 1.85. The Morgan fingerprint density at radius 3 is 2.70 bits per heavy atom. The molecule has 0 aliphatic heterocycles. The zero-order valence-electron chi connectivity index (χ0n) is 10.2. The smallest absolute Gasteiger partial charge is 0.252 e. The van der Waals surface area contributed by atoms with Crippen LogP contribution in [0, 0.1) is 5.95 Å². The Hall–Kier alpha value is -2.96. The van der Waals surface area contributed by atoms with Crippen molar-refractivity contribution in [1.29, 1.82) is 0 Å². The van der Waals surface area contributed by atoms with Gasteiger partial charge < -0.3 is 11.5 Å². The number of fused-ring (bicyclic) bond motifs is 1. The molecule has 20 heavy (non-hydrogen) atoms. The van der Waals surface area contributed by atoms with Gasteiger partial charge >= 0.3 is 0 Å². The molecule has 3 aromatic heterocycles. The van der Waals surface area contributed by atoms with Crippen LogP contribution in [-0.2, 0) is 0 Å². The van der Waals surface area contributed by atoms with E-state index in [9.17, 15) is 9.18 Å². The van der Waals surface area contributed by atoms with E-state index in [0.717, 1.165) is 11.1 Å². The molecule has 3 aromatic rings. The van der Waals surface area contributed by atoms with Crippen LogP contribution in [0.3, 0.4) is 0 Å². The summed E-state index contributed by atoms with van der Waals surface area (Å²) in [7, 11) is 0. The first-order valence-corrected chi connectivity index (χ1v) is 5.75. The Kier molecular flexibility index (Phi) is 2.60. The minimum Gasteiger partial charge on any atom is -0.396 e. The standard InChI is InChI=1S/C13H10FN5O/c14-11-2-1-7(4-17-11)8-3-10-12(15)9(13(16)20)5-18-19(10)6-8/h1-6H,15H2,(H2,16,20). The van der Waals surface area contributed by atoms with Crippen molar-refractivity contribution in [3.05, 3.63) is 48.3 Å². The number of halogens is 1. The maximum absolute atomic E-state index is 12.8. The van der Waals surface area contributed by atoms with E-state index in [4.69, 9.17) is 11.5 Å². The summed E-state index contributed by atoms with van der Waals surface area (Å²) in [5.74, 6) is -1.19. The fourth-order valence-electron chi connectivity index (χ4n) is 1.98. The number of amides is 1. The highest BCUT2D eigenvalue weighted by Crippen LogP contribution is 2.26. The summed E-state index contributed by atoms with van der Waals surface area (Å²) in [4.78, 5) is 14.8. The molecule has 0 bridgehead atoms. The second-order valence-corrected chi connectivity index (χ2v) is 4.26. The molecule has 3 heterocycles. The van der Waals surface area contributed by atoms with Crippen LogP contribution in [0.1, 0.15) is 10.4 Å². The Bertz CT molecular complexity index is 809. The van der Waals surface area contributed by atoms with Gasteiger partial charge in [0.25, 0.3) is 5.91 Å². The fourth-order valence-corrected chi connectivity index (χ4v) is 1.98. The summed E-state index contributed by atoms with van der Waals surface area (Å²) in [6.07, 6.45) is 4.44. The van der Waals surface area contributed by atoms with E-state index in [2.05, 4.69) is 10.1 Å². The maximum Gasteiger partial charge on any atom is 0.252 e. The topological polar surface area (TPSA) is 99.3 Å². The molecule has 4 N–H and O–H groups in total. The first kappa shape index (κ1) is 12.1. The third-order valence-corrected chi connectivity index (χ3v) is 3.00. The molecular weight excluding hydrogens is 261 g/mol. The number of nitrogens with zero attached hydrogens (tertiary/aromatic N) is 3. The van der Waals surface area contributed by atoms with Crippen molar-refractivity contribution in [3.63, 3.8) is 0 Å². The molecule has 7 heteroatoms. The van der Waals surface area contributed by atoms with Gasteiger partial charge in [-0.2, -0.15) is 9.49 Å². The van der Waals surface area contributed by atoms with Crippen LogP contribution in [0.5, 0.6) is 0 Å². The number of pyridine rings is 1. The number of nitrogens with two attached hydrogens (primary N) is 2. The number of rotatable bonds is 2. The molecule has 100 valence electrons. The molecule has 0 aliphatic rings. The van der Waals surface area contributed by atoms with Crippen LogP contribution in [-0.4, -0.2) is 20.5 Å². The van der Waals surface area contributed by atoms with Crippen molar-refractivity contribution < 1.29 is 9.18 Å². The molecule has 0 saturated carbocycles. The number of primary amides is 1. The minimum absolute atomic E-state index is 0.166. The molecule has 0 aliphatic carbocycles. The van der Waals surface area contributed by atoms with E-state index >= 15 is 0 Å². The Labute approximate surface area is 112 Å². The number of anilines is 1. The van der Waals surface area contributed by atoms with E-state index in [-0.39, 0.29) is 11.3 Å². The number of nitrogen functional groups attached to an aromatic ring is 1. The first-order valence-electron chi connectivity index (χ1n) is 5.75. The van der Waals surface area contributed by atoms with Crippen molar-refractivity contribution in [2.45, 2.75) is 0 Å². The zero-order valence-corrected chi connectivity index (χ0v) is 10.2. The lowest BCUT2D eigenvalue weighted by atomic mass is 10.1. The first-order chi connectivity index (χ1) is 9.56. The molecule has 0 spiro atoms. The van der Waals surface area contributed by atoms with Crippen molar-refractivity contribution >= 4 is 17.1 Å². The average molecular weight is 271 g/mol. The molecule has 0 radical (unpaired) electrons. The van der Waals surface area contributed by atoms with Gasteiger partial charge in [0.05, 0.1) is 23.0 Å². The van der Waals surface area contributed by atoms with E-state index in [1.165, 1.54) is 23.0 Å². The van der Waals surface area contributed by atoms with Gasteiger partial charge in [-0.05, 0) is 18.2 Å². The Morgan fingerprint density at radius 2 is 2.05 bits per heavy atom. The molecule has 1 amide bonds. The molecule has 0 unspecified atom stereocenters. The van der Waals surface area contributed by atoms with Gasteiger partial charge in [0, 0.05) is 23.5 Å². The summed E-state index contributed by atoms with van der Waals surface area (Å²) >= 11 is 0. The van der Waals surface area contributed by atoms with Gasteiger partial charge in [-0.25, -0.2) is 9.50 Å². The highest BCUT2D eigenvalue weighted by Gasteiger charge is 2.12. The second kappa shape index (κ2) is 4.30. The van der Waals surface area contributed by atoms with Crippen molar-refractivity contribution in [2.24, 2.45) is 5.73 Å². The highest BCUT2D eigenvalue weighted by atomic mass is 19.1. The molecule has 0 aromatic carbocycles. The van der Waals surface area contributed by atoms with Crippen molar-refractivity contribution in [1.82, 2.24) is 14.6 Å². The molecule has 0 atom stereocenters.